The molecule has 0 heterocycles. The van der Waals surface area contributed by atoms with Crippen molar-refractivity contribution < 1.29 is 13.2 Å². The van der Waals surface area contributed by atoms with Crippen molar-refractivity contribution in [2.75, 3.05) is 22.4 Å². The molecule has 26 heavy (non-hydrogen) atoms. The van der Waals surface area contributed by atoms with E-state index in [-0.39, 0.29) is 24.8 Å². The molecule has 0 spiro atoms. The molecule has 0 fully saturated rings. The van der Waals surface area contributed by atoms with Crippen LogP contribution in [0.15, 0.2) is 48.5 Å². The summed E-state index contributed by atoms with van der Waals surface area (Å²) in [5, 5.41) is 3.25. The van der Waals surface area contributed by atoms with Crippen molar-refractivity contribution in [1.29, 1.82) is 0 Å². The third-order valence-corrected chi connectivity index (χ3v) is 5.29. The summed E-state index contributed by atoms with van der Waals surface area (Å²) in [6.45, 7) is 4.07. The highest BCUT2D eigenvalue weighted by Gasteiger charge is 2.22. The molecule has 0 aliphatic carbocycles. The van der Waals surface area contributed by atoms with Gasteiger partial charge in [0.2, 0.25) is 15.9 Å². The van der Waals surface area contributed by atoms with Crippen molar-refractivity contribution in [2.45, 2.75) is 26.2 Å². The maximum absolute atomic E-state index is 12.3. The Balaban J connectivity index is 2.16. The van der Waals surface area contributed by atoms with Crippen LogP contribution in [0.4, 0.5) is 11.4 Å². The van der Waals surface area contributed by atoms with E-state index in [9.17, 15) is 13.2 Å². The van der Waals surface area contributed by atoms with E-state index in [0.29, 0.717) is 16.4 Å². The third kappa shape index (κ3) is 5.47. The number of nitrogens with one attached hydrogen (secondary N) is 1. The van der Waals surface area contributed by atoms with Crippen LogP contribution in [-0.4, -0.2) is 27.1 Å². The van der Waals surface area contributed by atoms with Gasteiger partial charge in [0, 0.05) is 23.7 Å². The van der Waals surface area contributed by atoms with E-state index in [0.717, 1.165) is 11.8 Å². The number of para-hydroxylation sites is 1. The molecule has 0 atom stereocenters. The molecule has 2 rings (SSSR count). The van der Waals surface area contributed by atoms with Crippen LogP contribution < -0.4 is 9.62 Å². The quantitative estimate of drug-likeness (QED) is 0.763. The molecule has 0 saturated carbocycles. The summed E-state index contributed by atoms with van der Waals surface area (Å²) in [5.74, 6) is -0.112. The molecule has 0 aromatic heterocycles. The minimum absolute atomic E-state index is 0.0337. The number of hydrogen-bond donors (Lipinski definition) is 1. The normalized spacial score (nSPS) is 11.4. The molecule has 1 N–H and O–H groups in total. The number of carbonyl (C=O) groups is 1. The molecule has 0 saturated heterocycles. The van der Waals surface area contributed by atoms with E-state index < -0.39 is 10.0 Å². The van der Waals surface area contributed by atoms with Gasteiger partial charge in [0.05, 0.1) is 11.9 Å². The lowest BCUT2D eigenvalue weighted by Crippen LogP contribution is -2.33. The van der Waals surface area contributed by atoms with Crippen LogP contribution in [0.5, 0.6) is 0 Å². The Morgan fingerprint density at radius 3 is 2.46 bits per heavy atom. The van der Waals surface area contributed by atoms with Gasteiger partial charge in [-0.1, -0.05) is 49.7 Å². The minimum Gasteiger partial charge on any atom is -0.326 e. The fraction of sp³-hybridized carbons (Fsp3) is 0.316. The smallest absolute Gasteiger partial charge is 0.232 e. The predicted octanol–water partition coefficient (Wildman–Crippen LogP) is 4.26. The Morgan fingerprint density at radius 1 is 1.15 bits per heavy atom. The van der Waals surface area contributed by atoms with Gasteiger partial charge in [0.15, 0.2) is 0 Å². The summed E-state index contributed by atoms with van der Waals surface area (Å²) in [6.07, 6.45) is 1.19. The van der Waals surface area contributed by atoms with Crippen molar-refractivity contribution >= 4 is 38.9 Å². The van der Waals surface area contributed by atoms with Crippen LogP contribution >= 0.6 is 11.6 Å². The van der Waals surface area contributed by atoms with Crippen LogP contribution in [-0.2, 0) is 14.8 Å². The van der Waals surface area contributed by atoms with E-state index in [1.54, 1.807) is 36.4 Å². The maximum atomic E-state index is 12.3. The number of sulfonamides is 1. The lowest BCUT2D eigenvalue weighted by atomic mass is 10.0. The van der Waals surface area contributed by atoms with Gasteiger partial charge in [-0.15, -0.1) is 0 Å². The van der Waals surface area contributed by atoms with Gasteiger partial charge in [-0.2, -0.15) is 0 Å². The summed E-state index contributed by atoms with van der Waals surface area (Å²) < 4.78 is 25.9. The number of hydrogen-bond acceptors (Lipinski definition) is 3. The molecule has 7 heteroatoms. The largest absolute Gasteiger partial charge is 0.326 e. The highest BCUT2D eigenvalue weighted by molar-refractivity contribution is 7.92. The lowest BCUT2D eigenvalue weighted by Gasteiger charge is -2.26. The van der Waals surface area contributed by atoms with Crippen molar-refractivity contribution in [1.82, 2.24) is 0 Å². The standard InChI is InChI=1S/C19H23ClN2O3S/c1-14(2)17-9-4-5-10-18(17)22(26(3,24)25)12-11-19(23)21-16-8-6-7-15(20)13-16/h4-10,13-14H,11-12H2,1-3H3,(H,21,23). The molecule has 2 aromatic rings. The molecule has 2 aromatic carbocycles. The summed E-state index contributed by atoms with van der Waals surface area (Å²) in [7, 11) is -3.52. The second kappa shape index (κ2) is 8.56. The number of benzene rings is 2. The second-order valence-corrected chi connectivity index (χ2v) is 8.70. The van der Waals surface area contributed by atoms with Crippen LogP contribution in [0.2, 0.25) is 5.02 Å². The summed E-state index contributed by atoms with van der Waals surface area (Å²) >= 11 is 5.90. The van der Waals surface area contributed by atoms with Crippen molar-refractivity contribution in [3.05, 3.63) is 59.1 Å². The SMILES string of the molecule is CC(C)c1ccccc1N(CCC(=O)Nc1cccc(Cl)c1)S(C)(=O)=O. The molecule has 0 radical (unpaired) electrons. The first-order valence-electron chi connectivity index (χ1n) is 8.30. The Morgan fingerprint density at radius 2 is 1.85 bits per heavy atom. The van der Waals surface area contributed by atoms with Crippen molar-refractivity contribution in [3.63, 3.8) is 0 Å². The number of anilines is 2. The van der Waals surface area contributed by atoms with Gasteiger partial charge in [-0.05, 0) is 35.7 Å². The van der Waals surface area contributed by atoms with E-state index >= 15 is 0 Å². The van der Waals surface area contributed by atoms with Crippen LogP contribution in [0, 0.1) is 0 Å². The minimum atomic E-state index is -3.52. The second-order valence-electron chi connectivity index (χ2n) is 6.36. The lowest BCUT2D eigenvalue weighted by molar-refractivity contribution is -0.116. The Labute approximate surface area is 160 Å². The molecule has 5 nitrogen and oxygen atoms in total. The van der Waals surface area contributed by atoms with Gasteiger partial charge >= 0.3 is 0 Å². The molecule has 0 unspecified atom stereocenters. The average molecular weight is 395 g/mol. The van der Waals surface area contributed by atoms with Gasteiger partial charge in [0.1, 0.15) is 0 Å². The van der Waals surface area contributed by atoms with E-state index in [4.69, 9.17) is 11.6 Å². The highest BCUT2D eigenvalue weighted by atomic mass is 35.5. The summed E-state index contributed by atoms with van der Waals surface area (Å²) in [4.78, 5) is 12.2. The van der Waals surface area contributed by atoms with Gasteiger partial charge in [0.25, 0.3) is 0 Å². The highest BCUT2D eigenvalue weighted by Crippen LogP contribution is 2.29. The molecular weight excluding hydrogens is 372 g/mol. The zero-order chi connectivity index (χ0) is 19.3. The Kier molecular flexibility index (Phi) is 6.67. The fourth-order valence-electron chi connectivity index (χ4n) is 2.66. The summed E-state index contributed by atoms with van der Waals surface area (Å²) in [5.41, 5.74) is 2.12. The maximum Gasteiger partial charge on any atom is 0.232 e. The molecule has 0 bridgehead atoms. The monoisotopic (exact) mass is 394 g/mol. The number of carbonyl (C=O) groups excluding carboxylic acids is 1. The fourth-order valence-corrected chi connectivity index (χ4v) is 3.80. The van der Waals surface area contributed by atoms with Gasteiger partial charge < -0.3 is 5.32 Å². The zero-order valence-corrected chi connectivity index (χ0v) is 16.6. The zero-order valence-electron chi connectivity index (χ0n) is 15.1. The first-order chi connectivity index (χ1) is 12.2. The number of rotatable bonds is 7. The summed E-state index contributed by atoms with van der Waals surface area (Å²) in [6, 6.07) is 14.2. The third-order valence-electron chi connectivity index (χ3n) is 3.88. The van der Waals surface area contributed by atoms with E-state index in [1.165, 1.54) is 4.31 Å². The number of nitrogens with zero attached hydrogens (tertiary/aromatic N) is 1. The van der Waals surface area contributed by atoms with E-state index in [1.807, 2.05) is 26.0 Å². The number of halogens is 1. The van der Waals surface area contributed by atoms with Gasteiger partial charge in [-0.3, -0.25) is 9.10 Å². The topological polar surface area (TPSA) is 66.5 Å². The first-order valence-corrected chi connectivity index (χ1v) is 10.5. The van der Waals surface area contributed by atoms with Crippen LogP contribution in [0.1, 0.15) is 31.7 Å². The van der Waals surface area contributed by atoms with Gasteiger partial charge in [-0.25, -0.2) is 8.42 Å². The molecular formula is C19H23ClN2O3S. The van der Waals surface area contributed by atoms with Crippen LogP contribution in [0.25, 0.3) is 0 Å². The van der Waals surface area contributed by atoms with Crippen LogP contribution in [0.3, 0.4) is 0 Å². The molecule has 0 aliphatic heterocycles. The average Bonchev–Trinajstić information content (AvgIpc) is 2.54. The van der Waals surface area contributed by atoms with E-state index in [2.05, 4.69) is 5.32 Å². The Bertz CT molecular complexity index is 882. The first kappa shape index (κ1) is 20.3. The molecule has 0 aliphatic rings. The van der Waals surface area contributed by atoms with Crippen molar-refractivity contribution in [2.24, 2.45) is 0 Å². The Hall–Kier alpha value is -2.05. The molecule has 140 valence electrons. The van der Waals surface area contributed by atoms with Crippen molar-refractivity contribution in [3.8, 4) is 0 Å². The molecule has 1 amide bonds. The number of amides is 1. The predicted molar refractivity (Wildman–Crippen MR) is 107 cm³/mol.